The Morgan fingerprint density at radius 1 is 0.971 bits per heavy atom. The molecule has 0 bridgehead atoms. The largest absolute Gasteiger partial charge is 0.378 e. The molecule has 7 nitrogen and oxygen atoms in total. The van der Waals surface area contributed by atoms with Gasteiger partial charge in [0.15, 0.2) is 0 Å². The summed E-state index contributed by atoms with van der Waals surface area (Å²) < 4.78 is 21.7. The molecular formula is C26H33FN6O. The van der Waals surface area contributed by atoms with Crippen molar-refractivity contribution in [3.63, 3.8) is 0 Å². The Bertz CT molecular complexity index is 1140. The van der Waals surface area contributed by atoms with E-state index in [2.05, 4.69) is 33.5 Å². The highest BCUT2D eigenvalue weighted by atomic mass is 19.2. The number of fused-ring (bicyclic) bond motifs is 1. The quantitative estimate of drug-likeness (QED) is 0.521. The fraction of sp³-hybridized carbons (Fsp3) is 0.462. The van der Waals surface area contributed by atoms with Crippen LogP contribution in [0.15, 0.2) is 42.7 Å². The van der Waals surface area contributed by atoms with Crippen LogP contribution >= 0.6 is 0 Å². The number of nitrogens with zero attached hydrogens (tertiary/aromatic N) is 6. The van der Waals surface area contributed by atoms with Crippen LogP contribution < -0.4 is 14.9 Å². The molecule has 0 atom stereocenters. The third-order valence-electron chi connectivity index (χ3n) is 6.93. The maximum Gasteiger partial charge on any atom is 0.134 e. The fourth-order valence-electron chi connectivity index (χ4n) is 4.94. The molecular weight excluding hydrogens is 431 g/mol. The highest BCUT2D eigenvalue weighted by Gasteiger charge is 2.26. The van der Waals surface area contributed by atoms with Crippen LogP contribution in [0, 0.1) is 6.92 Å². The molecule has 2 aliphatic rings. The summed E-state index contributed by atoms with van der Waals surface area (Å²) in [5.74, 6) is 0.858. The third kappa shape index (κ3) is 4.40. The Hall–Kier alpha value is -2.97. The monoisotopic (exact) mass is 464 g/mol. The summed E-state index contributed by atoms with van der Waals surface area (Å²) in [5, 5.41) is 1.58. The Kier molecular flexibility index (Phi) is 6.52. The van der Waals surface area contributed by atoms with Crippen molar-refractivity contribution in [1.29, 1.82) is 0 Å². The summed E-state index contributed by atoms with van der Waals surface area (Å²) in [7, 11) is 0. The molecule has 5 rings (SSSR count). The zero-order valence-electron chi connectivity index (χ0n) is 20.2. The molecule has 180 valence electrons. The summed E-state index contributed by atoms with van der Waals surface area (Å²) in [5.41, 5.74) is 3.50. The van der Waals surface area contributed by atoms with Gasteiger partial charge in [-0.05, 0) is 32.9 Å². The highest BCUT2D eigenvalue weighted by molar-refractivity contribution is 5.97. The predicted octanol–water partition coefficient (Wildman–Crippen LogP) is 4.33. The van der Waals surface area contributed by atoms with Crippen LogP contribution in [0.4, 0.5) is 27.4 Å². The highest BCUT2D eigenvalue weighted by Crippen LogP contribution is 2.40. The van der Waals surface area contributed by atoms with Gasteiger partial charge >= 0.3 is 0 Å². The molecule has 8 heteroatoms. The van der Waals surface area contributed by atoms with Crippen molar-refractivity contribution in [1.82, 2.24) is 14.9 Å². The van der Waals surface area contributed by atoms with E-state index >= 15 is 4.48 Å². The van der Waals surface area contributed by atoms with Gasteiger partial charge < -0.3 is 14.5 Å². The second-order valence-corrected chi connectivity index (χ2v) is 9.32. The first-order valence-corrected chi connectivity index (χ1v) is 12.1. The van der Waals surface area contributed by atoms with Crippen molar-refractivity contribution in [2.75, 3.05) is 67.4 Å². The van der Waals surface area contributed by atoms with Crippen molar-refractivity contribution >= 4 is 33.8 Å². The molecule has 0 amide bonds. The van der Waals surface area contributed by atoms with Crippen LogP contribution in [0.1, 0.15) is 19.4 Å². The van der Waals surface area contributed by atoms with Crippen LogP contribution in [0.25, 0.3) is 10.9 Å². The summed E-state index contributed by atoms with van der Waals surface area (Å²) >= 11 is 0. The lowest BCUT2D eigenvalue weighted by molar-refractivity contribution is 0.122. The Balaban J connectivity index is 1.52. The first kappa shape index (κ1) is 22.8. The number of rotatable bonds is 5. The number of ether oxygens (including phenoxy) is 1. The number of aromatic nitrogens is 2. The molecule has 1 aromatic carbocycles. The van der Waals surface area contributed by atoms with E-state index in [1.165, 1.54) is 0 Å². The van der Waals surface area contributed by atoms with Gasteiger partial charge in [-0.1, -0.05) is 22.7 Å². The van der Waals surface area contributed by atoms with E-state index < -0.39 is 0 Å². The smallest absolute Gasteiger partial charge is 0.134 e. The zero-order valence-corrected chi connectivity index (χ0v) is 20.2. The molecule has 0 radical (unpaired) electrons. The number of benzene rings is 1. The van der Waals surface area contributed by atoms with E-state index in [0.717, 1.165) is 72.4 Å². The SMILES string of the molecule is Cc1c(N2CCN(C(C)C)CC2)nc2ccccc2c1N(F)c1cncc(N2CCOCC2)c1. The molecule has 3 aromatic rings. The van der Waals surface area contributed by atoms with Gasteiger partial charge in [-0.15, -0.1) is 0 Å². The number of hydrogen-bond donors (Lipinski definition) is 0. The van der Waals surface area contributed by atoms with Gasteiger partial charge in [0.25, 0.3) is 0 Å². The number of hydrogen-bond acceptors (Lipinski definition) is 7. The summed E-state index contributed by atoms with van der Waals surface area (Å²) in [6, 6.07) is 10.2. The Labute approximate surface area is 200 Å². The van der Waals surface area contributed by atoms with Gasteiger partial charge in [-0.3, -0.25) is 9.88 Å². The predicted molar refractivity (Wildman–Crippen MR) is 136 cm³/mol. The molecule has 0 unspecified atom stereocenters. The van der Waals surface area contributed by atoms with Gasteiger partial charge in [0.05, 0.1) is 48.2 Å². The van der Waals surface area contributed by atoms with Gasteiger partial charge in [-0.2, -0.15) is 5.12 Å². The molecule has 2 aliphatic heterocycles. The van der Waals surface area contributed by atoms with Crippen molar-refractivity contribution in [3.8, 4) is 0 Å². The lowest BCUT2D eigenvalue weighted by Crippen LogP contribution is -2.49. The van der Waals surface area contributed by atoms with E-state index in [0.29, 0.717) is 30.6 Å². The molecule has 4 heterocycles. The third-order valence-corrected chi connectivity index (χ3v) is 6.93. The molecule has 0 spiro atoms. The lowest BCUT2D eigenvalue weighted by Gasteiger charge is -2.38. The Morgan fingerprint density at radius 2 is 1.71 bits per heavy atom. The average molecular weight is 465 g/mol. The lowest BCUT2D eigenvalue weighted by atomic mass is 10.1. The molecule has 34 heavy (non-hydrogen) atoms. The minimum Gasteiger partial charge on any atom is -0.378 e. The van der Waals surface area contributed by atoms with Crippen LogP contribution in [-0.2, 0) is 4.74 Å². The first-order valence-electron chi connectivity index (χ1n) is 12.1. The molecule has 0 N–H and O–H groups in total. The summed E-state index contributed by atoms with van der Waals surface area (Å²) in [4.78, 5) is 16.3. The fourth-order valence-corrected chi connectivity index (χ4v) is 4.94. The van der Waals surface area contributed by atoms with Crippen LogP contribution in [0.5, 0.6) is 0 Å². The van der Waals surface area contributed by atoms with Gasteiger partial charge in [0, 0.05) is 56.3 Å². The Morgan fingerprint density at radius 3 is 2.44 bits per heavy atom. The number of anilines is 4. The van der Waals surface area contributed by atoms with Gasteiger partial charge in [0.1, 0.15) is 5.82 Å². The standard InChI is InChI=1S/C26H33FN6O/c1-19(2)30-8-10-32(11-9-30)26-20(3)25(23-6-4-5-7-24(23)29-26)33(27)22-16-21(17-28-18-22)31-12-14-34-15-13-31/h4-7,16-19H,8-15H2,1-3H3. The van der Waals surface area contributed by atoms with Gasteiger partial charge in [0.2, 0.25) is 0 Å². The van der Waals surface area contributed by atoms with Crippen LogP contribution in [-0.4, -0.2) is 73.4 Å². The molecule has 0 aliphatic carbocycles. The van der Waals surface area contributed by atoms with Crippen molar-refractivity contribution in [2.24, 2.45) is 0 Å². The maximum atomic E-state index is 16.2. The zero-order chi connectivity index (χ0) is 23.7. The minimum atomic E-state index is 0.416. The van der Waals surface area contributed by atoms with Crippen molar-refractivity contribution in [3.05, 3.63) is 48.3 Å². The number of morpholine rings is 1. The maximum absolute atomic E-state index is 16.2. The van der Waals surface area contributed by atoms with Crippen molar-refractivity contribution < 1.29 is 9.22 Å². The number of para-hydroxylation sites is 1. The molecule has 0 saturated carbocycles. The van der Waals surface area contributed by atoms with Crippen LogP contribution in [0.2, 0.25) is 0 Å². The molecule has 2 aromatic heterocycles. The number of piperazine rings is 1. The summed E-state index contributed by atoms with van der Waals surface area (Å²) in [6.45, 7) is 13.1. The van der Waals surface area contributed by atoms with Crippen LogP contribution in [0.3, 0.4) is 0 Å². The minimum absolute atomic E-state index is 0.416. The topological polar surface area (TPSA) is 48.0 Å². The molecule has 2 saturated heterocycles. The second-order valence-electron chi connectivity index (χ2n) is 9.32. The second kappa shape index (κ2) is 9.72. The summed E-state index contributed by atoms with van der Waals surface area (Å²) in [6.07, 6.45) is 3.37. The van der Waals surface area contributed by atoms with Gasteiger partial charge in [-0.25, -0.2) is 4.98 Å². The van der Waals surface area contributed by atoms with E-state index in [9.17, 15) is 0 Å². The van der Waals surface area contributed by atoms with E-state index in [1.807, 2.05) is 37.3 Å². The van der Waals surface area contributed by atoms with E-state index in [4.69, 9.17) is 9.72 Å². The number of halogens is 1. The molecule has 2 fully saturated rings. The number of pyridine rings is 2. The van der Waals surface area contributed by atoms with E-state index in [-0.39, 0.29) is 0 Å². The average Bonchev–Trinajstić information content (AvgIpc) is 2.88. The van der Waals surface area contributed by atoms with Crippen molar-refractivity contribution in [2.45, 2.75) is 26.8 Å². The first-order chi connectivity index (χ1) is 16.5. The van der Waals surface area contributed by atoms with E-state index in [1.54, 1.807) is 12.4 Å². The normalized spacial score (nSPS) is 17.6.